The number of hydrogen-bond acceptors (Lipinski definition) is 2. The minimum absolute atomic E-state index is 0.463. The number of aryl methyl sites for hydroxylation is 1. The van der Waals surface area contributed by atoms with Crippen LogP contribution in [0.5, 0.6) is 0 Å². The smallest absolute Gasteiger partial charge is 0.177 e. The Balaban J connectivity index is 1.43. The van der Waals surface area contributed by atoms with Crippen LogP contribution >= 0.6 is 34.8 Å². The lowest BCUT2D eigenvalue weighted by molar-refractivity contribution is 0.300. The molecular formula is C20H20Cl3N3. The molecule has 0 spiro atoms. The summed E-state index contributed by atoms with van der Waals surface area (Å²) in [6.07, 6.45) is 8.64. The lowest BCUT2D eigenvalue weighted by Gasteiger charge is -2.28. The molecule has 0 aliphatic heterocycles. The van der Waals surface area contributed by atoms with E-state index in [2.05, 4.69) is 9.97 Å². The predicted octanol–water partition coefficient (Wildman–Crippen LogP) is 6.82. The molecule has 2 heterocycles. The molecule has 0 amide bonds. The van der Waals surface area contributed by atoms with Crippen molar-refractivity contribution >= 4 is 46.0 Å². The van der Waals surface area contributed by atoms with Crippen molar-refractivity contribution in [2.75, 3.05) is 0 Å². The zero-order chi connectivity index (χ0) is 18.1. The van der Waals surface area contributed by atoms with Gasteiger partial charge >= 0.3 is 0 Å². The van der Waals surface area contributed by atoms with E-state index >= 15 is 0 Å². The lowest BCUT2D eigenvalue weighted by Crippen LogP contribution is -2.16. The van der Waals surface area contributed by atoms with Crippen LogP contribution in [-0.4, -0.2) is 15.0 Å². The SMILES string of the molecule is Clc1cc(Cl)cc(CCC2CCCC(c3nc4ncc(Cl)cc4[nH]3)C2)c1. The van der Waals surface area contributed by atoms with Crippen molar-refractivity contribution in [3.63, 3.8) is 0 Å². The van der Waals surface area contributed by atoms with Crippen LogP contribution in [0.3, 0.4) is 0 Å². The summed E-state index contributed by atoms with van der Waals surface area (Å²) in [5.74, 6) is 2.20. The summed E-state index contributed by atoms with van der Waals surface area (Å²) in [4.78, 5) is 12.4. The van der Waals surface area contributed by atoms with Crippen LogP contribution < -0.4 is 0 Å². The van der Waals surface area contributed by atoms with Crippen LogP contribution in [0.4, 0.5) is 0 Å². The van der Waals surface area contributed by atoms with Crippen LogP contribution in [0.2, 0.25) is 15.1 Å². The summed E-state index contributed by atoms with van der Waals surface area (Å²) in [5, 5.41) is 2.05. The summed E-state index contributed by atoms with van der Waals surface area (Å²) >= 11 is 18.3. The zero-order valence-corrected chi connectivity index (χ0v) is 16.6. The largest absolute Gasteiger partial charge is 0.340 e. The minimum atomic E-state index is 0.463. The molecule has 3 nitrogen and oxygen atoms in total. The van der Waals surface area contributed by atoms with Gasteiger partial charge in [-0.05, 0) is 61.4 Å². The molecule has 2 atom stereocenters. The maximum absolute atomic E-state index is 6.11. The number of H-pyrrole nitrogens is 1. The van der Waals surface area contributed by atoms with E-state index in [1.165, 1.54) is 24.8 Å². The molecule has 0 radical (unpaired) electrons. The molecule has 1 saturated carbocycles. The van der Waals surface area contributed by atoms with E-state index in [0.29, 0.717) is 26.9 Å². The van der Waals surface area contributed by atoms with Crippen molar-refractivity contribution in [3.05, 3.63) is 56.9 Å². The van der Waals surface area contributed by atoms with Crippen LogP contribution in [0.1, 0.15) is 49.4 Å². The van der Waals surface area contributed by atoms with Gasteiger partial charge in [-0.2, -0.15) is 0 Å². The number of aromatic amines is 1. The molecule has 26 heavy (non-hydrogen) atoms. The third kappa shape index (κ3) is 4.16. The molecule has 4 rings (SSSR count). The van der Waals surface area contributed by atoms with E-state index in [9.17, 15) is 0 Å². The predicted molar refractivity (Wildman–Crippen MR) is 108 cm³/mol. The van der Waals surface area contributed by atoms with E-state index in [4.69, 9.17) is 39.8 Å². The molecule has 1 aromatic carbocycles. The molecule has 2 unspecified atom stereocenters. The Morgan fingerprint density at radius 2 is 1.81 bits per heavy atom. The van der Waals surface area contributed by atoms with Gasteiger partial charge < -0.3 is 4.98 Å². The van der Waals surface area contributed by atoms with Gasteiger partial charge in [-0.15, -0.1) is 0 Å². The van der Waals surface area contributed by atoms with Gasteiger partial charge in [0.2, 0.25) is 0 Å². The highest BCUT2D eigenvalue weighted by atomic mass is 35.5. The average molecular weight is 409 g/mol. The second-order valence-corrected chi connectivity index (χ2v) is 8.50. The van der Waals surface area contributed by atoms with Crippen LogP contribution in [0.15, 0.2) is 30.5 Å². The van der Waals surface area contributed by atoms with Gasteiger partial charge in [0.25, 0.3) is 0 Å². The molecule has 1 aliphatic carbocycles. The lowest BCUT2D eigenvalue weighted by atomic mass is 9.78. The second-order valence-electron chi connectivity index (χ2n) is 7.19. The van der Waals surface area contributed by atoms with Crippen molar-refractivity contribution in [1.29, 1.82) is 0 Å². The maximum atomic E-state index is 6.11. The van der Waals surface area contributed by atoms with Crippen LogP contribution in [0.25, 0.3) is 11.2 Å². The van der Waals surface area contributed by atoms with Gasteiger partial charge in [0.05, 0.1) is 10.5 Å². The zero-order valence-electron chi connectivity index (χ0n) is 14.3. The number of nitrogens with zero attached hydrogens (tertiary/aromatic N) is 2. The number of benzene rings is 1. The van der Waals surface area contributed by atoms with Gasteiger partial charge in [0.1, 0.15) is 5.82 Å². The molecule has 136 valence electrons. The molecule has 3 aromatic rings. The number of halogens is 3. The average Bonchev–Trinajstić information content (AvgIpc) is 3.03. The molecule has 1 aliphatic rings. The summed E-state index contributed by atoms with van der Waals surface area (Å²) in [6, 6.07) is 7.71. The number of pyridine rings is 1. The van der Waals surface area contributed by atoms with Crippen molar-refractivity contribution in [2.45, 2.75) is 44.4 Å². The second kappa shape index (κ2) is 7.75. The van der Waals surface area contributed by atoms with E-state index in [0.717, 1.165) is 36.3 Å². The molecule has 2 aromatic heterocycles. The molecule has 0 saturated heterocycles. The molecule has 6 heteroatoms. The first-order chi connectivity index (χ1) is 12.6. The van der Waals surface area contributed by atoms with Crippen molar-refractivity contribution in [2.24, 2.45) is 5.92 Å². The summed E-state index contributed by atoms with van der Waals surface area (Å²) < 4.78 is 0. The van der Waals surface area contributed by atoms with Gasteiger partial charge in [0.15, 0.2) is 5.65 Å². The Hall–Kier alpha value is -1.29. The van der Waals surface area contributed by atoms with Crippen molar-refractivity contribution < 1.29 is 0 Å². The van der Waals surface area contributed by atoms with Gasteiger partial charge in [-0.3, -0.25) is 0 Å². The summed E-state index contributed by atoms with van der Waals surface area (Å²) in [5.41, 5.74) is 2.88. The van der Waals surface area contributed by atoms with Crippen molar-refractivity contribution in [1.82, 2.24) is 15.0 Å². The number of aromatic nitrogens is 3. The highest BCUT2D eigenvalue weighted by Crippen LogP contribution is 2.37. The highest BCUT2D eigenvalue weighted by molar-refractivity contribution is 6.34. The number of nitrogens with one attached hydrogen (secondary N) is 1. The van der Waals surface area contributed by atoms with Crippen LogP contribution in [-0.2, 0) is 6.42 Å². The molecule has 0 bridgehead atoms. The first-order valence-electron chi connectivity index (χ1n) is 9.03. The first kappa shape index (κ1) is 18.1. The number of fused-ring (bicyclic) bond motifs is 1. The van der Waals surface area contributed by atoms with Gasteiger partial charge in [-0.25, -0.2) is 9.97 Å². The quantitative estimate of drug-likeness (QED) is 0.514. The number of imidazole rings is 1. The third-order valence-electron chi connectivity index (χ3n) is 5.26. The summed E-state index contributed by atoms with van der Waals surface area (Å²) in [7, 11) is 0. The molecular weight excluding hydrogens is 389 g/mol. The normalized spacial score (nSPS) is 20.6. The van der Waals surface area contributed by atoms with E-state index < -0.39 is 0 Å². The first-order valence-corrected chi connectivity index (χ1v) is 10.2. The Bertz CT molecular complexity index is 902. The minimum Gasteiger partial charge on any atom is -0.340 e. The number of rotatable bonds is 4. The van der Waals surface area contributed by atoms with Crippen LogP contribution in [0, 0.1) is 5.92 Å². The fourth-order valence-electron chi connectivity index (χ4n) is 4.01. The van der Waals surface area contributed by atoms with E-state index in [1.54, 1.807) is 12.3 Å². The molecule has 1 fully saturated rings. The van der Waals surface area contributed by atoms with Gasteiger partial charge in [0, 0.05) is 22.2 Å². The van der Waals surface area contributed by atoms with E-state index in [1.807, 2.05) is 18.2 Å². The standard InChI is InChI=1S/C20H20Cl3N3/c21-15-7-13(8-16(22)9-15)5-4-12-2-1-3-14(6-12)19-25-18-10-17(23)11-24-20(18)26-19/h7-12,14H,1-6H2,(H,24,25,26). The highest BCUT2D eigenvalue weighted by Gasteiger charge is 2.25. The third-order valence-corrected chi connectivity index (χ3v) is 5.90. The maximum Gasteiger partial charge on any atom is 0.177 e. The number of hydrogen-bond donors (Lipinski definition) is 1. The fraction of sp³-hybridized carbons (Fsp3) is 0.400. The monoisotopic (exact) mass is 407 g/mol. The van der Waals surface area contributed by atoms with Gasteiger partial charge in [-0.1, -0.05) is 47.6 Å². The topological polar surface area (TPSA) is 41.6 Å². The Morgan fingerprint density at radius 3 is 2.62 bits per heavy atom. The van der Waals surface area contributed by atoms with Crippen molar-refractivity contribution in [3.8, 4) is 0 Å². The Morgan fingerprint density at radius 1 is 1.00 bits per heavy atom. The Kier molecular flexibility index (Phi) is 5.40. The molecule has 1 N–H and O–H groups in total. The fourth-order valence-corrected chi connectivity index (χ4v) is 4.74. The van der Waals surface area contributed by atoms with E-state index in [-0.39, 0.29) is 0 Å². The Labute approximate surface area is 168 Å². The summed E-state index contributed by atoms with van der Waals surface area (Å²) in [6.45, 7) is 0.